The van der Waals surface area contributed by atoms with Crippen LogP contribution in [0, 0.1) is 0 Å². The Bertz CT molecular complexity index is 558. The van der Waals surface area contributed by atoms with E-state index < -0.39 is 0 Å². The van der Waals surface area contributed by atoms with Crippen LogP contribution in [0.5, 0.6) is 11.5 Å². The quantitative estimate of drug-likeness (QED) is 0.878. The van der Waals surface area contributed by atoms with Crippen LogP contribution in [0.25, 0.3) is 0 Å². The minimum atomic E-state index is 0.185. The highest BCUT2D eigenvalue weighted by molar-refractivity contribution is 5.31. The van der Waals surface area contributed by atoms with Crippen LogP contribution in [0.2, 0.25) is 0 Å². The Morgan fingerprint density at radius 2 is 1.90 bits per heavy atom. The predicted octanol–water partition coefficient (Wildman–Crippen LogP) is 2.60. The van der Waals surface area contributed by atoms with Crippen molar-refractivity contribution in [3.8, 4) is 11.5 Å². The number of nitrogens with zero attached hydrogens (tertiary/aromatic N) is 1. The number of aromatic nitrogens is 1. The number of pyridine rings is 1. The first kappa shape index (κ1) is 14.3. The Morgan fingerprint density at radius 3 is 2.60 bits per heavy atom. The monoisotopic (exact) mass is 272 g/mol. The van der Waals surface area contributed by atoms with Gasteiger partial charge in [-0.1, -0.05) is 12.1 Å². The number of hydrogen-bond acceptors (Lipinski definition) is 4. The topological polar surface area (TPSA) is 43.4 Å². The van der Waals surface area contributed by atoms with Gasteiger partial charge in [0.2, 0.25) is 0 Å². The summed E-state index contributed by atoms with van der Waals surface area (Å²) >= 11 is 0. The molecule has 1 heterocycles. The van der Waals surface area contributed by atoms with Gasteiger partial charge in [-0.25, -0.2) is 0 Å². The van der Waals surface area contributed by atoms with E-state index in [4.69, 9.17) is 9.47 Å². The second-order valence-corrected chi connectivity index (χ2v) is 4.56. The molecule has 0 saturated carbocycles. The van der Waals surface area contributed by atoms with E-state index >= 15 is 0 Å². The Kier molecular flexibility index (Phi) is 4.96. The number of ether oxygens (including phenoxy) is 2. The summed E-state index contributed by atoms with van der Waals surface area (Å²) in [4.78, 5) is 4.21. The van der Waals surface area contributed by atoms with Gasteiger partial charge in [-0.15, -0.1) is 0 Å². The van der Waals surface area contributed by atoms with E-state index in [9.17, 15) is 0 Å². The van der Waals surface area contributed by atoms with E-state index in [1.807, 2.05) is 31.4 Å². The van der Waals surface area contributed by atoms with Crippen LogP contribution in [0.4, 0.5) is 0 Å². The molecule has 4 nitrogen and oxygen atoms in total. The van der Waals surface area contributed by atoms with E-state index in [1.165, 1.54) is 5.56 Å². The zero-order chi connectivity index (χ0) is 14.4. The summed E-state index contributed by atoms with van der Waals surface area (Å²) in [7, 11) is 5.28. The highest BCUT2D eigenvalue weighted by atomic mass is 16.5. The highest BCUT2D eigenvalue weighted by Crippen LogP contribution is 2.22. The van der Waals surface area contributed by atoms with Crippen LogP contribution in [-0.4, -0.2) is 26.3 Å². The SMILES string of the molecule is CNC(Cc1cccc(OC)c1)c1cncc(OC)c1. The van der Waals surface area contributed by atoms with E-state index in [0.717, 1.165) is 23.5 Å². The molecule has 2 rings (SSSR count). The summed E-state index contributed by atoms with van der Waals surface area (Å²) < 4.78 is 10.5. The molecule has 0 radical (unpaired) electrons. The lowest BCUT2D eigenvalue weighted by atomic mass is 10.00. The van der Waals surface area contributed by atoms with E-state index in [1.54, 1.807) is 20.4 Å². The second kappa shape index (κ2) is 6.91. The molecule has 2 aromatic rings. The molecule has 1 aromatic heterocycles. The zero-order valence-electron chi connectivity index (χ0n) is 12.1. The summed E-state index contributed by atoms with van der Waals surface area (Å²) in [6.07, 6.45) is 4.44. The Morgan fingerprint density at radius 1 is 1.10 bits per heavy atom. The van der Waals surface area contributed by atoms with Gasteiger partial charge in [0.1, 0.15) is 11.5 Å². The fourth-order valence-electron chi connectivity index (χ4n) is 2.16. The van der Waals surface area contributed by atoms with E-state index in [2.05, 4.69) is 22.4 Å². The van der Waals surface area contributed by atoms with Crippen molar-refractivity contribution >= 4 is 0 Å². The van der Waals surface area contributed by atoms with Crippen molar-refractivity contribution in [3.05, 3.63) is 53.9 Å². The Labute approximate surface area is 119 Å². The molecular weight excluding hydrogens is 252 g/mol. The number of nitrogens with one attached hydrogen (secondary N) is 1. The lowest BCUT2D eigenvalue weighted by Gasteiger charge is -2.17. The third-order valence-corrected chi connectivity index (χ3v) is 3.29. The average Bonchev–Trinajstić information content (AvgIpc) is 2.52. The van der Waals surface area contributed by atoms with Crippen LogP contribution in [0.3, 0.4) is 0 Å². The molecule has 1 atom stereocenters. The maximum Gasteiger partial charge on any atom is 0.137 e. The van der Waals surface area contributed by atoms with Crippen molar-refractivity contribution < 1.29 is 9.47 Å². The maximum atomic E-state index is 5.26. The highest BCUT2D eigenvalue weighted by Gasteiger charge is 2.12. The number of benzene rings is 1. The van der Waals surface area contributed by atoms with Gasteiger partial charge < -0.3 is 14.8 Å². The standard InChI is InChI=1S/C16H20N2O2/c1-17-16(13-9-15(20-3)11-18-10-13)8-12-5-4-6-14(7-12)19-2/h4-7,9-11,16-17H,8H2,1-3H3. The van der Waals surface area contributed by atoms with Gasteiger partial charge in [0.25, 0.3) is 0 Å². The molecule has 0 amide bonds. The number of methoxy groups -OCH3 is 2. The van der Waals surface area contributed by atoms with Crippen LogP contribution < -0.4 is 14.8 Å². The van der Waals surface area contributed by atoms with Crippen molar-refractivity contribution in [2.75, 3.05) is 21.3 Å². The molecule has 20 heavy (non-hydrogen) atoms. The molecule has 1 N–H and O–H groups in total. The van der Waals surface area contributed by atoms with Gasteiger partial charge >= 0.3 is 0 Å². The third kappa shape index (κ3) is 3.48. The average molecular weight is 272 g/mol. The molecule has 0 aliphatic rings. The maximum absolute atomic E-state index is 5.26. The second-order valence-electron chi connectivity index (χ2n) is 4.56. The molecule has 0 aliphatic heterocycles. The number of likely N-dealkylation sites (N-methyl/N-ethyl adjacent to an activating group) is 1. The summed E-state index contributed by atoms with van der Waals surface area (Å²) in [5, 5.41) is 3.32. The van der Waals surface area contributed by atoms with Gasteiger partial charge in [-0.05, 0) is 42.8 Å². The first-order valence-electron chi connectivity index (χ1n) is 6.56. The summed E-state index contributed by atoms with van der Waals surface area (Å²) in [6.45, 7) is 0. The largest absolute Gasteiger partial charge is 0.497 e. The van der Waals surface area contributed by atoms with Crippen LogP contribution >= 0.6 is 0 Å². The smallest absolute Gasteiger partial charge is 0.137 e. The molecule has 0 saturated heterocycles. The molecule has 106 valence electrons. The van der Waals surface area contributed by atoms with Crippen LogP contribution in [0.1, 0.15) is 17.2 Å². The molecular formula is C16H20N2O2. The Hall–Kier alpha value is -2.07. The van der Waals surface area contributed by atoms with Crippen molar-refractivity contribution in [2.24, 2.45) is 0 Å². The van der Waals surface area contributed by atoms with Crippen LogP contribution in [0.15, 0.2) is 42.7 Å². The lowest BCUT2D eigenvalue weighted by Crippen LogP contribution is -2.19. The van der Waals surface area contributed by atoms with Crippen molar-refractivity contribution in [3.63, 3.8) is 0 Å². The fraction of sp³-hybridized carbons (Fsp3) is 0.312. The van der Waals surface area contributed by atoms with Crippen molar-refractivity contribution in [1.29, 1.82) is 0 Å². The minimum absolute atomic E-state index is 0.185. The third-order valence-electron chi connectivity index (χ3n) is 3.29. The molecule has 0 aliphatic carbocycles. The first-order chi connectivity index (χ1) is 9.76. The van der Waals surface area contributed by atoms with E-state index in [-0.39, 0.29) is 6.04 Å². The summed E-state index contributed by atoms with van der Waals surface area (Å²) in [6, 6.07) is 10.3. The molecule has 1 aromatic carbocycles. The number of rotatable bonds is 6. The van der Waals surface area contributed by atoms with Crippen LogP contribution in [-0.2, 0) is 6.42 Å². The molecule has 4 heteroatoms. The molecule has 0 spiro atoms. The van der Waals surface area contributed by atoms with Crippen molar-refractivity contribution in [1.82, 2.24) is 10.3 Å². The van der Waals surface area contributed by atoms with Gasteiger partial charge in [-0.3, -0.25) is 4.98 Å². The first-order valence-corrected chi connectivity index (χ1v) is 6.56. The van der Waals surface area contributed by atoms with Crippen molar-refractivity contribution in [2.45, 2.75) is 12.5 Å². The summed E-state index contributed by atoms with van der Waals surface area (Å²) in [5.74, 6) is 1.65. The normalized spacial score (nSPS) is 11.9. The Balaban J connectivity index is 2.19. The molecule has 1 unspecified atom stereocenters. The predicted molar refractivity (Wildman–Crippen MR) is 79.3 cm³/mol. The van der Waals surface area contributed by atoms with E-state index in [0.29, 0.717) is 0 Å². The van der Waals surface area contributed by atoms with Gasteiger partial charge in [-0.2, -0.15) is 0 Å². The van der Waals surface area contributed by atoms with Gasteiger partial charge in [0.15, 0.2) is 0 Å². The van der Waals surface area contributed by atoms with Gasteiger partial charge in [0.05, 0.1) is 20.4 Å². The molecule has 0 fully saturated rings. The number of hydrogen-bond donors (Lipinski definition) is 1. The molecule has 0 bridgehead atoms. The lowest BCUT2D eigenvalue weighted by molar-refractivity contribution is 0.410. The van der Waals surface area contributed by atoms with Gasteiger partial charge in [0, 0.05) is 12.2 Å². The fourth-order valence-corrected chi connectivity index (χ4v) is 2.16. The summed E-state index contributed by atoms with van der Waals surface area (Å²) in [5.41, 5.74) is 2.32. The minimum Gasteiger partial charge on any atom is -0.497 e. The zero-order valence-corrected chi connectivity index (χ0v) is 12.1.